The summed E-state index contributed by atoms with van der Waals surface area (Å²) in [6.45, 7) is 3.48. The Morgan fingerprint density at radius 3 is 2.61 bits per heavy atom. The van der Waals surface area contributed by atoms with Gasteiger partial charge in [-0.2, -0.15) is 0 Å². The number of nitrogens with zero attached hydrogens (tertiary/aromatic N) is 1. The zero-order valence-corrected chi connectivity index (χ0v) is 11.5. The molecule has 1 saturated heterocycles. The molecule has 1 N–H and O–H groups in total. The van der Waals surface area contributed by atoms with Gasteiger partial charge in [-0.3, -0.25) is 10.1 Å². The van der Waals surface area contributed by atoms with Gasteiger partial charge in [-0.1, -0.05) is 15.9 Å². The van der Waals surface area contributed by atoms with E-state index in [4.69, 9.17) is 0 Å². The van der Waals surface area contributed by atoms with Gasteiger partial charge in [0.2, 0.25) is 0 Å². The molecule has 1 heterocycles. The van der Waals surface area contributed by atoms with Gasteiger partial charge >= 0.3 is 6.03 Å². The Morgan fingerprint density at radius 1 is 1.39 bits per heavy atom. The fraction of sp³-hybridized carbons (Fsp3) is 0.333. The van der Waals surface area contributed by atoms with Crippen molar-refractivity contribution in [3.05, 3.63) is 34.1 Å². The number of halogens is 2. The lowest BCUT2D eigenvalue weighted by molar-refractivity contribution is -0.125. The first-order valence-corrected chi connectivity index (χ1v) is 6.18. The van der Waals surface area contributed by atoms with Crippen molar-refractivity contribution in [1.29, 1.82) is 0 Å². The Morgan fingerprint density at radius 2 is 2.06 bits per heavy atom. The molecule has 0 radical (unpaired) electrons. The molecule has 0 aliphatic carbocycles. The molecule has 1 fully saturated rings. The number of carbonyl (C=O) groups is 2. The predicted molar refractivity (Wildman–Crippen MR) is 67.3 cm³/mol. The van der Waals surface area contributed by atoms with E-state index in [2.05, 4.69) is 21.2 Å². The van der Waals surface area contributed by atoms with Gasteiger partial charge in [0.05, 0.1) is 0 Å². The number of amides is 3. The predicted octanol–water partition coefficient (Wildman–Crippen LogP) is 2.42. The largest absolute Gasteiger partial charge is 0.325 e. The number of rotatable bonds is 2. The summed E-state index contributed by atoms with van der Waals surface area (Å²) < 4.78 is 13.9. The van der Waals surface area contributed by atoms with Crippen molar-refractivity contribution in [2.45, 2.75) is 25.9 Å². The Bertz CT molecular complexity index is 531. The van der Waals surface area contributed by atoms with Crippen LogP contribution in [0.5, 0.6) is 0 Å². The average Bonchev–Trinajstić information content (AvgIpc) is 2.46. The third-order valence-electron chi connectivity index (χ3n) is 3.03. The molecule has 0 saturated carbocycles. The standard InChI is InChI=1S/C12H12BrFN2O2/c1-12(2)10(17)15-11(18)16(12)6-7-5-8(14)3-4-9(7)13/h3-5H,6H2,1-2H3,(H,15,17,18). The highest BCUT2D eigenvalue weighted by atomic mass is 79.9. The minimum Gasteiger partial charge on any atom is -0.306 e. The van der Waals surface area contributed by atoms with E-state index in [1.165, 1.54) is 17.0 Å². The molecule has 1 aliphatic heterocycles. The van der Waals surface area contributed by atoms with Gasteiger partial charge < -0.3 is 4.90 Å². The summed E-state index contributed by atoms with van der Waals surface area (Å²) in [6.07, 6.45) is 0. The maximum atomic E-state index is 13.2. The highest BCUT2D eigenvalue weighted by Crippen LogP contribution is 2.26. The van der Waals surface area contributed by atoms with E-state index in [9.17, 15) is 14.0 Å². The van der Waals surface area contributed by atoms with Crippen molar-refractivity contribution in [2.75, 3.05) is 0 Å². The van der Waals surface area contributed by atoms with Gasteiger partial charge in [0.15, 0.2) is 0 Å². The Hall–Kier alpha value is -1.43. The molecule has 3 amide bonds. The number of hydrogen-bond acceptors (Lipinski definition) is 2. The second-order valence-corrected chi connectivity index (χ2v) is 5.49. The molecule has 1 aromatic rings. The molecule has 1 aliphatic rings. The summed E-state index contributed by atoms with van der Waals surface area (Å²) in [6, 6.07) is 3.79. The lowest BCUT2D eigenvalue weighted by Crippen LogP contribution is -2.43. The number of benzene rings is 1. The summed E-state index contributed by atoms with van der Waals surface area (Å²) >= 11 is 3.30. The molecular weight excluding hydrogens is 303 g/mol. The van der Waals surface area contributed by atoms with Crippen molar-refractivity contribution in [3.63, 3.8) is 0 Å². The van der Waals surface area contributed by atoms with Crippen molar-refractivity contribution >= 4 is 27.9 Å². The minimum absolute atomic E-state index is 0.170. The monoisotopic (exact) mass is 314 g/mol. The van der Waals surface area contributed by atoms with E-state index in [0.29, 0.717) is 10.0 Å². The smallest absolute Gasteiger partial charge is 0.306 e. The topological polar surface area (TPSA) is 49.4 Å². The molecule has 1 aromatic carbocycles. The van der Waals surface area contributed by atoms with Gasteiger partial charge in [-0.05, 0) is 37.6 Å². The van der Waals surface area contributed by atoms with Crippen molar-refractivity contribution in [3.8, 4) is 0 Å². The van der Waals surface area contributed by atoms with Crippen LogP contribution < -0.4 is 5.32 Å². The summed E-state index contributed by atoms with van der Waals surface area (Å²) in [4.78, 5) is 24.7. The third-order valence-corrected chi connectivity index (χ3v) is 3.81. The molecule has 0 atom stereocenters. The van der Waals surface area contributed by atoms with Crippen molar-refractivity contribution < 1.29 is 14.0 Å². The van der Waals surface area contributed by atoms with Crippen LogP contribution in [0, 0.1) is 5.82 Å². The fourth-order valence-corrected chi connectivity index (χ4v) is 2.17. The van der Waals surface area contributed by atoms with Crippen molar-refractivity contribution in [1.82, 2.24) is 10.2 Å². The summed E-state index contributed by atoms with van der Waals surface area (Å²) in [5, 5.41) is 2.25. The van der Waals surface area contributed by atoms with Crippen LogP contribution in [0.4, 0.5) is 9.18 Å². The second-order valence-electron chi connectivity index (χ2n) is 4.64. The van der Waals surface area contributed by atoms with E-state index in [1.54, 1.807) is 19.9 Å². The summed E-state index contributed by atoms with van der Waals surface area (Å²) in [7, 11) is 0. The maximum Gasteiger partial charge on any atom is 0.325 e. The van der Waals surface area contributed by atoms with Gasteiger partial charge in [0.1, 0.15) is 11.4 Å². The lowest BCUT2D eigenvalue weighted by atomic mass is 10.0. The van der Waals surface area contributed by atoms with Crippen LogP contribution in [0.2, 0.25) is 0 Å². The highest BCUT2D eigenvalue weighted by molar-refractivity contribution is 9.10. The zero-order chi connectivity index (χ0) is 13.5. The third kappa shape index (κ3) is 2.12. The number of imide groups is 1. The molecule has 6 heteroatoms. The lowest BCUT2D eigenvalue weighted by Gasteiger charge is -2.28. The van der Waals surface area contributed by atoms with Crippen LogP contribution >= 0.6 is 15.9 Å². The van der Waals surface area contributed by atoms with Gasteiger partial charge in [0, 0.05) is 11.0 Å². The Kier molecular flexibility index (Phi) is 3.14. The molecule has 0 aromatic heterocycles. The average molecular weight is 315 g/mol. The van der Waals surface area contributed by atoms with Crippen LogP contribution in [0.1, 0.15) is 19.4 Å². The number of carbonyl (C=O) groups excluding carboxylic acids is 2. The maximum absolute atomic E-state index is 13.2. The number of nitrogens with one attached hydrogen (secondary N) is 1. The molecule has 96 valence electrons. The van der Waals surface area contributed by atoms with E-state index in [0.717, 1.165) is 0 Å². The van der Waals surface area contributed by atoms with Gasteiger partial charge in [0.25, 0.3) is 5.91 Å². The van der Waals surface area contributed by atoms with Crippen LogP contribution in [0.3, 0.4) is 0 Å². The summed E-state index contributed by atoms with van der Waals surface area (Å²) in [5.74, 6) is -0.725. The van der Waals surface area contributed by atoms with E-state index >= 15 is 0 Å². The Labute approximate surface area is 112 Å². The van der Waals surface area contributed by atoms with Crippen LogP contribution in [0.15, 0.2) is 22.7 Å². The molecule has 0 bridgehead atoms. The quantitative estimate of drug-likeness (QED) is 0.852. The first kappa shape index (κ1) is 13.0. The molecule has 0 unspecified atom stereocenters. The van der Waals surface area contributed by atoms with Crippen LogP contribution in [0.25, 0.3) is 0 Å². The van der Waals surface area contributed by atoms with Crippen LogP contribution in [-0.2, 0) is 11.3 Å². The van der Waals surface area contributed by atoms with Crippen LogP contribution in [-0.4, -0.2) is 22.4 Å². The molecule has 18 heavy (non-hydrogen) atoms. The molecular formula is C12H12BrFN2O2. The Balaban J connectivity index is 2.31. The van der Waals surface area contributed by atoms with E-state index in [-0.39, 0.29) is 18.3 Å². The fourth-order valence-electron chi connectivity index (χ4n) is 1.80. The number of urea groups is 1. The second kappa shape index (κ2) is 4.35. The zero-order valence-electron chi connectivity index (χ0n) is 9.96. The normalized spacial score (nSPS) is 18.1. The van der Waals surface area contributed by atoms with Gasteiger partial charge in [-0.15, -0.1) is 0 Å². The van der Waals surface area contributed by atoms with Crippen molar-refractivity contribution in [2.24, 2.45) is 0 Å². The SMILES string of the molecule is CC1(C)C(=O)NC(=O)N1Cc1cc(F)ccc1Br. The summed E-state index contributed by atoms with van der Waals surface area (Å²) in [5.41, 5.74) is -0.309. The van der Waals surface area contributed by atoms with E-state index < -0.39 is 11.6 Å². The van der Waals surface area contributed by atoms with E-state index in [1.807, 2.05) is 0 Å². The first-order valence-electron chi connectivity index (χ1n) is 5.39. The highest BCUT2D eigenvalue weighted by Gasteiger charge is 2.45. The number of hydrogen-bond donors (Lipinski definition) is 1. The molecule has 4 nitrogen and oxygen atoms in total. The minimum atomic E-state index is -0.928. The van der Waals surface area contributed by atoms with Gasteiger partial charge in [-0.25, -0.2) is 9.18 Å². The molecule has 2 rings (SSSR count). The molecule has 0 spiro atoms. The first-order chi connectivity index (χ1) is 8.32.